The molecule has 94 valence electrons. The van der Waals surface area contributed by atoms with Crippen LogP contribution in [-0.4, -0.2) is 29.5 Å². The molecule has 1 rings (SSSR count). The summed E-state index contributed by atoms with van der Waals surface area (Å²) in [4.78, 5) is 12.4. The van der Waals surface area contributed by atoms with E-state index in [1.165, 1.54) is 11.8 Å². The van der Waals surface area contributed by atoms with Gasteiger partial charge in [0.25, 0.3) is 0 Å². The lowest BCUT2D eigenvalue weighted by Crippen LogP contribution is -2.10. The predicted molar refractivity (Wildman–Crippen MR) is 69.2 cm³/mol. The summed E-state index contributed by atoms with van der Waals surface area (Å²) in [5.41, 5.74) is 6.83. The van der Waals surface area contributed by atoms with E-state index in [9.17, 15) is 4.79 Å². The van der Waals surface area contributed by atoms with E-state index in [0.717, 1.165) is 0 Å². The molecule has 0 aromatic heterocycles. The zero-order chi connectivity index (χ0) is 12.8. The molecule has 0 spiro atoms. The molecule has 3 N–H and O–H groups in total. The van der Waals surface area contributed by atoms with Crippen LogP contribution in [0.1, 0.15) is 24.2 Å². The molecule has 0 radical (unpaired) electrons. The molecule has 17 heavy (non-hydrogen) atoms. The van der Waals surface area contributed by atoms with Gasteiger partial charge in [0, 0.05) is 15.8 Å². The lowest BCUT2D eigenvalue weighted by Gasteiger charge is -2.13. The van der Waals surface area contributed by atoms with Crippen LogP contribution in [0.25, 0.3) is 0 Å². The highest BCUT2D eigenvalue weighted by molar-refractivity contribution is 8.00. The molecule has 0 aliphatic rings. The number of nitrogens with two attached hydrogens (primary N) is 1. The van der Waals surface area contributed by atoms with E-state index >= 15 is 0 Å². The van der Waals surface area contributed by atoms with E-state index in [1.54, 1.807) is 25.1 Å². The first-order valence-electron chi connectivity index (χ1n) is 5.43. The molecule has 0 saturated heterocycles. The van der Waals surface area contributed by atoms with Gasteiger partial charge < -0.3 is 15.6 Å². The Morgan fingerprint density at radius 2 is 2.29 bits per heavy atom. The van der Waals surface area contributed by atoms with Crippen LogP contribution in [0, 0.1) is 0 Å². The van der Waals surface area contributed by atoms with Crippen molar-refractivity contribution in [3.63, 3.8) is 0 Å². The number of carbonyl (C=O) groups is 1. The maximum atomic E-state index is 11.7. The minimum absolute atomic E-state index is 0.0205. The van der Waals surface area contributed by atoms with Crippen molar-refractivity contribution in [3.8, 4) is 0 Å². The maximum Gasteiger partial charge on any atom is 0.339 e. The second-order valence-electron chi connectivity index (χ2n) is 3.56. The van der Waals surface area contributed by atoms with Crippen LogP contribution in [0.4, 0.5) is 5.69 Å². The average molecular weight is 255 g/mol. The van der Waals surface area contributed by atoms with Crippen molar-refractivity contribution >= 4 is 23.4 Å². The second-order valence-corrected chi connectivity index (χ2v) is 5.00. The number of nitrogen functional groups attached to an aromatic ring is 1. The van der Waals surface area contributed by atoms with Crippen molar-refractivity contribution < 1.29 is 14.6 Å². The topological polar surface area (TPSA) is 72.5 Å². The summed E-state index contributed by atoms with van der Waals surface area (Å²) in [6.45, 7) is 3.98. The van der Waals surface area contributed by atoms with Gasteiger partial charge in [-0.25, -0.2) is 4.79 Å². The van der Waals surface area contributed by atoms with Crippen LogP contribution in [0.5, 0.6) is 0 Å². The van der Waals surface area contributed by atoms with Crippen LogP contribution in [0.15, 0.2) is 23.1 Å². The number of esters is 1. The lowest BCUT2D eigenvalue weighted by atomic mass is 10.2. The first kappa shape index (κ1) is 13.9. The number of thioether (sulfide) groups is 1. The largest absolute Gasteiger partial charge is 0.462 e. The first-order valence-corrected chi connectivity index (χ1v) is 6.31. The highest BCUT2D eigenvalue weighted by Crippen LogP contribution is 2.32. The van der Waals surface area contributed by atoms with Gasteiger partial charge in [-0.3, -0.25) is 0 Å². The third-order valence-corrected chi connectivity index (χ3v) is 3.36. The summed E-state index contributed by atoms with van der Waals surface area (Å²) in [5, 5.41) is 9.02. The monoisotopic (exact) mass is 255 g/mol. The fraction of sp³-hybridized carbons (Fsp3) is 0.417. The Labute approximate surface area is 105 Å². The second kappa shape index (κ2) is 6.51. The van der Waals surface area contributed by atoms with Crippen LogP contribution < -0.4 is 5.73 Å². The van der Waals surface area contributed by atoms with Crippen molar-refractivity contribution in [1.82, 2.24) is 0 Å². The zero-order valence-corrected chi connectivity index (χ0v) is 10.8. The number of hydrogen-bond donors (Lipinski definition) is 2. The van der Waals surface area contributed by atoms with Crippen molar-refractivity contribution in [1.29, 1.82) is 0 Å². The Kier molecular flexibility index (Phi) is 5.31. The van der Waals surface area contributed by atoms with E-state index in [2.05, 4.69) is 0 Å². The number of ether oxygens (including phenoxy) is 1. The molecule has 0 amide bonds. The number of benzene rings is 1. The van der Waals surface area contributed by atoms with Gasteiger partial charge in [0.05, 0.1) is 18.8 Å². The van der Waals surface area contributed by atoms with Gasteiger partial charge >= 0.3 is 5.97 Å². The Morgan fingerprint density at radius 3 is 2.88 bits per heavy atom. The third kappa shape index (κ3) is 3.64. The van der Waals surface area contributed by atoms with Gasteiger partial charge in [0.1, 0.15) is 0 Å². The van der Waals surface area contributed by atoms with Gasteiger partial charge in [0.15, 0.2) is 0 Å². The highest BCUT2D eigenvalue weighted by Gasteiger charge is 2.17. The summed E-state index contributed by atoms with van der Waals surface area (Å²) < 4.78 is 4.97. The van der Waals surface area contributed by atoms with E-state index < -0.39 is 0 Å². The maximum absolute atomic E-state index is 11.7. The van der Waals surface area contributed by atoms with Crippen molar-refractivity contribution in [2.24, 2.45) is 0 Å². The molecule has 0 bridgehead atoms. The number of rotatable bonds is 5. The van der Waals surface area contributed by atoms with Crippen LogP contribution in [0.2, 0.25) is 0 Å². The van der Waals surface area contributed by atoms with Gasteiger partial charge in [-0.1, -0.05) is 13.0 Å². The predicted octanol–water partition coefficient (Wildman–Crippen LogP) is 1.92. The SMILES string of the molecule is CCOC(=O)c1cccc(N)c1SC(C)CO. The van der Waals surface area contributed by atoms with Gasteiger partial charge in [-0.05, 0) is 19.1 Å². The van der Waals surface area contributed by atoms with E-state index in [-0.39, 0.29) is 17.8 Å². The van der Waals surface area contributed by atoms with Crippen LogP contribution in [0.3, 0.4) is 0 Å². The highest BCUT2D eigenvalue weighted by atomic mass is 32.2. The summed E-state index contributed by atoms with van der Waals surface area (Å²) in [6.07, 6.45) is 0. The molecule has 1 aromatic rings. The summed E-state index contributed by atoms with van der Waals surface area (Å²) >= 11 is 1.38. The van der Waals surface area contributed by atoms with Crippen molar-refractivity contribution in [2.75, 3.05) is 18.9 Å². The Hall–Kier alpha value is -1.20. The minimum Gasteiger partial charge on any atom is -0.462 e. The van der Waals surface area contributed by atoms with Crippen LogP contribution >= 0.6 is 11.8 Å². The van der Waals surface area contributed by atoms with E-state index in [0.29, 0.717) is 22.8 Å². The molecule has 1 atom stereocenters. The molecule has 0 fully saturated rings. The number of aliphatic hydroxyl groups is 1. The molecular weight excluding hydrogens is 238 g/mol. The normalized spacial score (nSPS) is 12.2. The Balaban J connectivity index is 3.03. The molecule has 1 unspecified atom stereocenters. The van der Waals surface area contributed by atoms with Crippen LogP contribution in [-0.2, 0) is 4.74 Å². The fourth-order valence-corrected chi connectivity index (χ4v) is 2.25. The number of aliphatic hydroxyl groups excluding tert-OH is 1. The average Bonchev–Trinajstić information content (AvgIpc) is 2.31. The summed E-state index contributed by atoms with van der Waals surface area (Å²) in [6, 6.07) is 5.13. The fourth-order valence-electron chi connectivity index (χ4n) is 1.29. The molecule has 0 heterocycles. The van der Waals surface area contributed by atoms with E-state index in [4.69, 9.17) is 15.6 Å². The quantitative estimate of drug-likeness (QED) is 0.478. The minimum atomic E-state index is -0.382. The summed E-state index contributed by atoms with van der Waals surface area (Å²) in [7, 11) is 0. The van der Waals surface area contributed by atoms with E-state index in [1.807, 2.05) is 6.92 Å². The molecular formula is C12H17NO3S. The molecule has 1 aromatic carbocycles. The molecule has 0 aliphatic carbocycles. The molecule has 4 nitrogen and oxygen atoms in total. The number of hydrogen-bond acceptors (Lipinski definition) is 5. The smallest absolute Gasteiger partial charge is 0.339 e. The summed E-state index contributed by atoms with van der Waals surface area (Å²) in [5.74, 6) is -0.382. The number of carbonyl (C=O) groups excluding carboxylic acids is 1. The zero-order valence-electron chi connectivity index (χ0n) is 9.97. The van der Waals surface area contributed by atoms with Crippen molar-refractivity contribution in [2.45, 2.75) is 24.0 Å². The standard InChI is InChI=1S/C12H17NO3S/c1-3-16-12(15)9-5-4-6-10(13)11(9)17-8(2)7-14/h4-6,8,14H,3,7,13H2,1-2H3. The molecule has 5 heteroatoms. The molecule has 0 aliphatic heterocycles. The molecule has 0 saturated carbocycles. The first-order chi connectivity index (χ1) is 8.10. The Morgan fingerprint density at radius 1 is 1.59 bits per heavy atom. The third-order valence-electron chi connectivity index (χ3n) is 2.12. The van der Waals surface area contributed by atoms with Gasteiger partial charge in [0.2, 0.25) is 0 Å². The van der Waals surface area contributed by atoms with Gasteiger partial charge in [-0.2, -0.15) is 0 Å². The Bertz CT molecular complexity index is 395. The number of anilines is 1. The lowest BCUT2D eigenvalue weighted by molar-refractivity contribution is 0.0522. The van der Waals surface area contributed by atoms with Crippen molar-refractivity contribution in [3.05, 3.63) is 23.8 Å². The van der Waals surface area contributed by atoms with Gasteiger partial charge in [-0.15, -0.1) is 11.8 Å².